The summed E-state index contributed by atoms with van der Waals surface area (Å²) in [7, 11) is 0. The van der Waals surface area contributed by atoms with E-state index in [1.165, 1.54) is 17.5 Å². The zero-order valence-corrected chi connectivity index (χ0v) is 13.5. The summed E-state index contributed by atoms with van der Waals surface area (Å²) in [5.74, 6) is 0.578. The minimum Gasteiger partial charge on any atom is -0.459 e. The summed E-state index contributed by atoms with van der Waals surface area (Å²) in [6.45, 7) is 0.694. The number of nitrogen functional groups attached to an aromatic ring is 1. The molecule has 0 saturated heterocycles. The van der Waals surface area contributed by atoms with E-state index in [-0.39, 0.29) is 5.76 Å². The number of furan rings is 1. The van der Waals surface area contributed by atoms with Crippen molar-refractivity contribution in [3.8, 4) is 0 Å². The van der Waals surface area contributed by atoms with Crippen molar-refractivity contribution >= 4 is 34.6 Å². The average Bonchev–Trinajstić information content (AvgIpc) is 3.28. The predicted octanol–water partition coefficient (Wildman–Crippen LogP) is 2.12. The lowest BCUT2D eigenvalue weighted by Gasteiger charge is -2.12. The number of carbonyl (C=O) groups excluding carboxylic acids is 1. The number of anilines is 3. The fraction of sp³-hybridized carbons (Fsp3) is 0.133. The van der Waals surface area contributed by atoms with Crippen molar-refractivity contribution in [2.75, 3.05) is 23.0 Å². The molecule has 0 aromatic carbocycles. The first kappa shape index (κ1) is 15.8. The molecule has 0 radical (unpaired) electrons. The van der Waals surface area contributed by atoms with E-state index >= 15 is 0 Å². The number of nitrogens with two attached hydrogens (primary N) is 1. The number of amides is 1. The largest absolute Gasteiger partial charge is 0.459 e. The number of carbonyl (C=O) groups is 1. The Hall–Kier alpha value is -3.07. The molecule has 0 aliphatic carbocycles. The molecule has 5 N–H and O–H groups in total. The summed E-state index contributed by atoms with van der Waals surface area (Å²) in [5, 5.41) is 5.21. The van der Waals surface area contributed by atoms with Crippen molar-refractivity contribution in [3.63, 3.8) is 0 Å². The maximum atomic E-state index is 11.8. The molecule has 0 bridgehead atoms. The summed E-state index contributed by atoms with van der Waals surface area (Å²) < 4.78 is 5.00. The van der Waals surface area contributed by atoms with Crippen LogP contribution in [0.15, 0.2) is 46.7 Å². The Labute approximate surface area is 142 Å². The first-order chi connectivity index (χ1) is 11.7. The summed E-state index contributed by atoms with van der Waals surface area (Å²) >= 11 is 1.70. The van der Waals surface area contributed by atoms with E-state index in [1.807, 2.05) is 11.4 Å². The molecule has 0 aliphatic rings. The smallest absolute Gasteiger partial charge is 0.305 e. The first-order valence-corrected chi connectivity index (χ1v) is 8.08. The van der Waals surface area contributed by atoms with Gasteiger partial charge in [0.05, 0.1) is 6.26 Å². The maximum Gasteiger partial charge on any atom is 0.305 e. The second kappa shape index (κ2) is 7.47. The lowest BCUT2D eigenvalue weighted by atomic mass is 10.3. The van der Waals surface area contributed by atoms with Crippen LogP contribution >= 0.6 is 11.3 Å². The molecule has 3 rings (SSSR count). The summed E-state index contributed by atoms with van der Waals surface area (Å²) in [6, 6.07) is 7.27. The topological polar surface area (TPSA) is 118 Å². The highest BCUT2D eigenvalue weighted by Crippen LogP contribution is 2.21. The number of hydrazine groups is 1. The van der Waals surface area contributed by atoms with E-state index in [4.69, 9.17) is 10.2 Å². The second-order valence-corrected chi connectivity index (χ2v) is 5.83. The molecule has 9 heteroatoms. The molecule has 0 saturated carbocycles. The van der Waals surface area contributed by atoms with Crippen LogP contribution in [-0.4, -0.2) is 22.4 Å². The van der Waals surface area contributed by atoms with Crippen LogP contribution in [0.25, 0.3) is 0 Å². The van der Waals surface area contributed by atoms with Gasteiger partial charge in [0.1, 0.15) is 12.0 Å². The molecule has 1 amide bonds. The quantitative estimate of drug-likeness (QED) is 0.485. The molecule has 0 atom stereocenters. The Morgan fingerprint density at radius 1 is 1.25 bits per heavy atom. The van der Waals surface area contributed by atoms with Gasteiger partial charge in [-0.05, 0) is 30.0 Å². The SMILES string of the molecule is Nc1c(NCCc2cccs2)ncnc1NNC(=O)c1ccco1. The second-order valence-electron chi connectivity index (χ2n) is 4.80. The van der Waals surface area contributed by atoms with Crippen LogP contribution in [0.5, 0.6) is 0 Å². The van der Waals surface area contributed by atoms with E-state index in [0.29, 0.717) is 23.9 Å². The zero-order chi connectivity index (χ0) is 16.8. The lowest BCUT2D eigenvalue weighted by molar-refractivity contribution is 0.0935. The van der Waals surface area contributed by atoms with E-state index in [0.717, 1.165) is 6.42 Å². The van der Waals surface area contributed by atoms with Crippen LogP contribution in [0.1, 0.15) is 15.4 Å². The van der Waals surface area contributed by atoms with Crippen LogP contribution in [0.3, 0.4) is 0 Å². The van der Waals surface area contributed by atoms with Gasteiger partial charge in [-0.25, -0.2) is 9.97 Å². The number of hydrogen-bond donors (Lipinski definition) is 4. The molecule has 3 heterocycles. The van der Waals surface area contributed by atoms with Crippen LogP contribution in [0.2, 0.25) is 0 Å². The van der Waals surface area contributed by atoms with Gasteiger partial charge in [-0.15, -0.1) is 11.3 Å². The van der Waals surface area contributed by atoms with Gasteiger partial charge in [-0.1, -0.05) is 6.07 Å². The van der Waals surface area contributed by atoms with Crippen molar-refractivity contribution in [1.82, 2.24) is 15.4 Å². The highest BCUT2D eigenvalue weighted by Gasteiger charge is 2.11. The summed E-state index contributed by atoms with van der Waals surface area (Å²) in [5.41, 5.74) is 11.5. The highest BCUT2D eigenvalue weighted by molar-refractivity contribution is 7.09. The first-order valence-electron chi connectivity index (χ1n) is 7.20. The molecule has 0 spiro atoms. The normalized spacial score (nSPS) is 10.3. The number of nitrogens with zero attached hydrogens (tertiary/aromatic N) is 2. The van der Waals surface area contributed by atoms with E-state index < -0.39 is 5.91 Å². The summed E-state index contributed by atoms with van der Waals surface area (Å²) in [4.78, 5) is 21.2. The van der Waals surface area contributed by atoms with Crippen LogP contribution in [0.4, 0.5) is 17.3 Å². The number of nitrogens with one attached hydrogen (secondary N) is 3. The molecule has 3 aromatic heterocycles. The van der Waals surface area contributed by atoms with Gasteiger partial charge in [0.2, 0.25) is 0 Å². The van der Waals surface area contributed by atoms with E-state index in [9.17, 15) is 4.79 Å². The Bertz CT molecular complexity index is 788. The fourth-order valence-corrected chi connectivity index (χ4v) is 2.69. The van der Waals surface area contributed by atoms with Crippen molar-refractivity contribution in [2.24, 2.45) is 0 Å². The molecule has 124 valence electrons. The van der Waals surface area contributed by atoms with Crippen LogP contribution in [-0.2, 0) is 6.42 Å². The Morgan fingerprint density at radius 2 is 2.12 bits per heavy atom. The average molecular weight is 344 g/mol. The predicted molar refractivity (Wildman–Crippen MR) is 92.8 cm³/mol. The van der Waals surface area contributed by atoms with Crippen molar-refractivity contribution in [3.05, 3.63) is 52.9 Å². The van der Waals surface area contributed by atoms with Crippen molar-refractivity contribution < 1.29 is 9.21 Å². The number of rotatable bonds is 7. The molecule has 8 nitrogen and oxygen atoms in total. The van der Waals surface area contributed by atoms with Gasteiger partial charge in [0.15, 0.2) is 17.4 Å². The van der Waals surface area contributed by atoms with E-state index in [1.54, 1.807) is 23.5 Å². The lowest BCUT2D eigenvalue weighted by Crippen LogP contribution is -2.30. The highest BCUT2D eigenvalue weighted by atomic mass is 32.1. The Balaban J connectivity index is 1.57. The van der Waals surface area contributed by atoms with Crippen LogP contribution < -0.4 is 21.9 Å². The third-order valence-electron chi connectivity index (χ3n) is 3.17. The molecule has 24 heavy (non-hydrogen) atoms. The van der Waals surface area contributed by atoms with Gasteiger partial charge in [-0.3, -0.25) is 15.6 Å². The summed E-state index contributed by atoms with van der Waals surface area (Å²) in [6.07, 6.45) is 3.66. The third-order valence-corrected chi connectivity index (χ3v) is 4.10. The molecule has 0 aliphatic heterocycles. The maximum absolute atomic E-state index is 11.8. The fourth-order valence-electron chi connectivity index (χ4n) is 1.98. The number of hydrogen-bond acceptors (Lipinski definition) is 8. The Morgan fingerprint density at radius 3 is 2.88 bits per heavy atom. The van der Waals surface area contributed by atoms with Gasteiger partial charge in [0.25, 0.3) is 0 Å². The van der Waals surface area contributed by atoms with Crippen molar-refractivity contribution in [1.29, 1.82) is 0 Å². The molecule has 0 unspecified atom stereocenters. The number of aromatic nitrogens is 2. The third kappa shape index (κ3) is 3.82. The van der Waals surface area contributed by atoms with Crippen molar-refractivity contribution in [2.45, 2.75) is 6.42 Å². The standard InChI is InChI=1S/C15H16N6O2S/c16-12-13(17-6-5-10-3-2-8-24-10)18-9-19-14(12)20-21-15(22)11-4-1-7-23-11/h1-4,7-9H,5-6,16H2,(H,21,22)(H2,17,18,19,20). The van der Waals surface area contributed by atoms with Gasteiger partial charge in [0, 0.05) is 11.4 Å². The minimum absolute atomic E-state index is 0.185. The zero-order valence-electron chi connectivity index (χ0n) is 12.7. The van der Waals surface area contributed by atoms with Gasteiger partial charge < -0.3 is 15.5 Å². The molecular weight excluding hydrogens is 328 g/mol. The van der Waals surface area contributed by atoms with Crippen LogP contribution in [0, 0.1) is 0 Å². The minimum atomic E-state index is -0.426. The van der Waals surface area contributed by atoms with Gasteiger partial charge in [-0.2, -0.15) is 0 Å². The van der Waals surface area contributed by atoms with E-state index in [2.05, 4.69) is 32.2 Å². The number of thiophene rings is 1. The molecular formula is C15H16N6O2S. The molecule has 3 aromatic rings. The molecule has 0 fully saturated rings. The monoisotopic (exact) mass is 344 g/mol. The Kier molecular flexibility index (Phi) is 4.92. The van der Waals surface area contributed by atoms with Gasteiger partial charge >= 0.3 is 5.91 Å².